The monoisotopic (exact) mass is 754 g/mol. The van der Waals surface area contributed by atoms with Gasteiger partial charge in [-0.05, 0) is 85.7 Å². The highest BCUT2D eigenvalue weighted by Gasteiger charge is 2.12. The summed E-state index contributed by atoms with van der Waals surface area (Å²) >= 11 is 3.40. The summed E-state index contributed by atoms with van der Waals surface area (Å²) < 4.78 is 10.4. The van der Waals surface area contributed by atoms with Crippen LogP contribution in [-0.4, -0.2) is 53.3 Å². The lowest BCUT2D eigenvalue weighted by molar-refractivity contribution is -0.140. The second-order valence-electron chi connectivity index (χ2n) is 12.1. The Kier molecular flexibility index (Phi) is 11.5. The zero-order chi connectivity index (χ0) is 36.6. The van der Waals surface area contributed by atoms with Crippen LogP contribution in [0.25, 0.3) is 54.5 Å². The number of fused-ring (bicyclic) bond motifs is 4. The summed E-state index contributed by atoms with van der Waals surface area (Å²) in [5.41, 5.74) is 6.80. The van der Waals surface area contributed by atoms with Crippen molar-refractivity contribution in [2.75, 3.05) is 14.2 Å². The van der Waals surface area contributed by atoms with E-state index in [0.717, 1.165) is 53.7 Å². The topological polar surface area (TPSA) is 125 Å². The molecule has 0 atom stereocenters. The second-order valence-corrected chi connectivity index (χ2v) is 13.0. The third kappa shape index (κ3) is 8.61. The molecule has 8 rings (SSSR count). The maximum absolute atomic E-state index is 11.6. The third-order valence-corrected chi connectivity index (χ3v) is 9.27. The standard InChI is InChI=1S/C21H17NO2.C11H10BrNO2.C10H9BO2/c1-24-21(23)12-18-13-22-20-9-8-17(11-19(18)20)16-7-6-14-4-2-3-5-15(14)10-16;1-15-11(14)4-7-6-13-10-3-2-8(12)5-9(7)10;12-11(13)10-6-5-8-3-1-2-4-9(8)7-10/h2-11,13,22H,12H2,1H3;2-3,5-6,13H,4H2,1H3;1-7,12-13H. The summed E-state index contributed by atoms with van der Waals surface area (Å²) in [7, 11) is 1.43. The van der Waals surface area contributed by atoms with Crippen LogP contribution in [0.15, 0.2) is 138 Å². The van der Waals surface area contributed by atoms with Crippen LogP contribution in [0.3, 0.4) is 0 Å². The fourth-order valence-corrected chi connectivity index (χ4v) is 6.35. The van der Waals surface area contributed by atoms with Crippen molar-refractivity contribution in [2.45, 2.75) is 12.8 Å². The SMILES string of the molecule is COC(=O)Cc1c[nH]c2ccc(-c3ccc4ccccc4c3)cc12.COC(=O)Cc1c[nH]c2ccc(Br)cc12.OB(O)c1ccc2ccccc2c1. The molecule has 0 unspecified atom stereocenters. The van der Waals surface area contributed by atoms with Crippen LogP contribution in [0.4, 0.5) is 0 Å². The summed E-state index contributed by atoms with van der Waals surface area (Å²) in [5, 5.41) is 24.6. The molecule has 0 fully saturated rings. The Balaban J connectivity index is 0.000000143. The zero-order valence-corrected chi connectivity index (χ0v) is 30.2. The predicted molar refractivity (Wildman–Crippen MR) is 212 cm³/mol. The largest absolute Gasteiger partial charge is 0.488 e. The molecule has 0 aliphatic rings. The van der Waals surface area contributed by atoms with Crippen molar-refractivity contribution in [3.8, 4) is 11.1 Å². The van der Waals surface area contributed by atoms with Gasteiger partial charge in [-0.25, -0.2) is 0 Å². The first kappa shape index (κ1) is 36.1. The van der Waals surface area contributed by atoms with E-state index in [1.807, 2.05) is 67.0 Å². The quantitative estimate of drug-likeness (QED) is 0.101. The molecule has 8 aromatic rings. The van der Waals surface area contributed by atoms with E-state index in [-0.39, 0.29) is 18.4 Å². The molecule has 10 heteroatoms. The molecular weight excluding hydrogens is 719 g/mol. The molecule has 0 bridgehead atoms. The average Bonchev–Trinajstić information content (AvgIpc) is 3.77. The number of aromatic nitrogens is 2. The molecule has 0 saturated heterocycles. The van der Waals surface area contributed by atoms with Gasteiger partial charge in [-0.1, -0.05) is 101 Å². The minimum atomic E-state index is -1.38. The Labute approximate surface area is 309 Å². The van der Waals surface area contributed by atoms with Gasteiger partial charge < -0.3 is 29.5 Å². The van der Waals surface area contributed by atoms with Gasteiger partial charge in [-0.2, -0.15) is 0 Å². The first-order chi connectivity index (χ1) is 25.2. The summed E-state index contributed by atoms with van der Waals surface area (Å²) in [6.07, 6.45) is 4.30. The lowest BCUT2D eigenvalue weighted by Crippen LogP contribution is -2.29. The molecule has 0 aliphatic carbocycles. The number of esters is 2. The van der Waals surface area contributed by atoms with Gasteiger partial charge in [0.15, 0.2) is 0 Å². The molecule has 6 aromatic carbocycles. The Morgan fingerprint density at radius 2 is 1.08 bits per heavy atom. The summed E-state index contributed by atoms with van der Waals surface area (Å²) in [6, 6.07) is 40.2. The van der Waals surface area contributed by atoms with E-state index in [1.54, 1.807) is 12.1 Å². The van der Waals surface area contributed by atoms with E-state index >= 15 is 0 Å². The maximum Gasteiger partial charge on any atom is 0.488 e. The van der Waals surface area contributed by atoms with Crippen molar-refractivity contribution in [3.05, 3.63) is 149 Å². The Morgan fingerprint density at radius 1 is 0.596 bits per heavy atom. The normalized spacial score (nSPS) is 10.7. The number of nitrogens with one attached hydrogen (secondary N) is 2. The smallest absolute Gasteiger partial charge is 0.469 e. The average molecular weight is 755 g/mol. The summed E-state index contributed by atoms with van der Waals surface area (Å²) in [4.78, 5) is 29.1. The number of hydrogen-bond donors (Lipinski definition) is 4. The number of halogens is 1. The number of ether oxygens (including phenoxy) is 2. The van der Waals surface area contributed by atoms with E-state index in [1.165, 1.54) is 30.6 Å². The highest BCUT2D eigenvalue weighted by Crippen LogP contribution is 2.29. The minimum absolute atomic E-state index is 0.226. The van der Waals surface area contributed by atoms with Crippen molar-refractivity contribution in [3.63, 3.8) is 0 Å². The van der Waals surface area contributed by atoms with Gasteiger partial charge in [0, 0.05) is 38.7 Å². The number of carbonyl (C=O) groups is 2. The van der Waals surface area contributed by atoms with Gasteiger partial charge in [-0.15, -0.1) is 0 Å². The number of carbonyl (C=O) groups excluding carboxylic acids is 2. The molecule has 0 amide bonds. The molecule has 260 valence electrons. The number of rotatable bonds is 6. The Bertz CT molecular complexity index is 2510. The Morgan fingerprint density at radius 3 is 1.65 bits per heavy atom. The molecular formula is C42H36BBrN2O6. The summed E-state index contributed by atoms with van der Waals surface area (Å²) in [6.45, 7) is 0. The predicted octanol–water partition coefficient (Wildman–Crippen LogP) is 7.87. The first-order valence-electron chi connectivity index (χ1n) is 16.6. The van der Waals surface area contributed by atoms with Gasteiger partial charge >= 0.3 is 19.1 Å². The lowest BCUT2D eigenvalue weighted by atomic mass is 9.79. The molecule has 52 heavy (non-hydrogen) atoms. The minimum Gasteiger partial charge on any atom is -0.469 e. The van der Waals surface area contributed by atoms with Gasteiger partial charge in [0.05, 0.1) is 27.1 Å². The Hall–Kier alpha value is -5.68. The molecule has 0 aliphatic heterocycles. The zero-order valence-electron chi connectivity index (χ0n) is 28.6. The van der Waals surface area contributed by atoms with E-state index in [4.69, 9.17) is 14.8 Å². The van der Waals surface area contributed by atoms with Crippen molar-refractivity contribution in [2.24, 2.45) is 0 Å². The van der Waals surface area contributed by atoms with Gasteiger partial charge in [-0.3, -0.25) is 9.59 Å². The van der Waals surface area contributed by atoms with Crippen LogP contribution in [0.2, 0.25) is 0 Å². The van der Waals surface area contributed by atoms with Gasteiger partial charge in [0.1, 0.15) is 0 Å². The van der Waals surface area contributed by atoms with Crippen LogP contribution in [0, 0.1) is 0 Å². The van der Waals surface area contributed by atoms with Crippen molar-refractivity contribution < 1.29 is 29.1 Å². The van der Waals surface area contributed by atoms with Crippen LogP contribution >= 0.6 is 15.9 Å². The fraction of sp³-hybridized carbons (Fsp3) is 0.0952. The second kappa shape index (κ2) is 16.6. The van der Waals surface area contributed by atoms with Crippen molar-refractivity contribution in [1.29, 1.82) is 0 Å². The van der Waals surface area contributed by atoms with Crippen LogP contribution in [0.1, 0.15) is 11.1 Å². The molecule has 2 aromatic heterocycles. The number of hydrogen-bond acceptors (Lipinski definition) is 6. The van der Waals surface area contributed by atoms with Crippen LogP contribution in [-0.2, 0) is 31.9 Å². The molecule has 0 radical (unpaired) electrons. The van der Waals surface area contributed by atoms with E-state index < -0.39 is 7.12 Å². The van der Waals surface area contributed by atoms with E-state index in [0.29, 0.717) is 11.9 Å². The number of benzene rings is 6. The van der Waals surface area contributed by atoms with Crippen LogP contribution in [0.5, 0.6) is 0 Å². The number of H-pyrrole nitrogens is 2. The molecule has 0 spiro atoms. The number of aromatic amines is 2. The molecule has 8 nitrogen and oxygen atoms in total. The molecule has 4 N–H and O–H groups in total. The van der Waals surface area contributed by atoms with E-state index in [2.05, 4.69) is 85.2 Å². The highest BCUT2D eigenvalue weighted by molar-refractivity contribution is 9.10. The molecule has 2 heterocycles. The van der Waals surface area contributed by atoms with Crippen LogP contribution < -0.4 is 5.46 Å². The maximum atomic E-state index is 11.6. The fourth-order valence-electron chi connectivity index (χ4n) is 5.99. The highest BCUT2D eigenvalue weighted by atomic mass is 79.9. The number of methoxy groups -OCH3 is 2. The summed E-state index contributed by atoms with van der Waals surface area (Å²) in [5.74, 6) is -0.456. The van der Waals surface area contributed by atoms with Crippen molar-refractivity contribution >= 4 is 83.8 Å². The molecule has 0 saturated carbocycles. The third-order valence-electron chi connectivity index (χ3n) is 8.78. The van der Waals surface area contributed by atoms with E-state index in [9.17, 15) is 9.59 Å². The van der Waals surface area contributed by atoms with Crippen molar-refractivity contribution in [1.82, 2.24) is 9.97 Å². The first-order valence-corrected chi connectivity index (χ1v) is 17.3. The van der Waals surface area contributed by atoms with Gasteiger partial charge in [0.25, 0.3) is 0 Å². The lowest BCUT2D eigenvalue weighted by Gasteiger charge is -2.06. The van der Waals surface area contributed by atoms with Gasteiger partial charge in [0.2, 0.25) is 0 Å².